The number of halogens is 2. The second-order valence-corrected chi connectivity index (χ2v) is 9.01. The lowest BCUT2D eigenvalue weighted by atomic mass is 10.1. The van der Waals surface area contributed by atoms with Crippen LogP contribution in [0, 0.1) is 5.82 Å². The fraction of sp³-hybridized carbons (Fsp3) is 0.292. The van der Waals surface area contributed by atoms with Gasteiger partial charge < -0.3 is 21.7 Å². The first kappa shape index (κ1) is 25.1. The summed E-state index contributed by atoms with van der Waals surface area (Å²) in [6.07, 6.45) is 1.48. The van der Waals surface area contributed by atoms with Gasteiger partial charge in [0.25, 0.3) is 5.91 Å². The number of fused-ring (bicyclic) bond motifs is 1. The highest BCUT2D eigenvalue weighted by atomic mass is 35.5. The Kier molecular flexibility index (Phi) is 7.20. The van der Waals surface area contributed by atoms with Gasteiger partial charge >= 0.3 is 0 Å². The SMILES string of the molecule is NC(=O)Cc1ccc2c(c1)c(C(N)=O)nn2CC(=O)N(CC(=O)NCc1cccc(Cl)c1F)C1CC1. The van der Waals surface area contributed by atoms with Crippen molar-refractivity contribution in [3.05, 3.63) is 64.1 Å². The van der Waals surface area contributed by atoms with Crippen LogP contribution < -0.4 is 16.8 Å². The van der Waals surface area contributed by atoms with Gasteiger partial charge in [0.2, 0.25) is 17.7 Å². The van der Waals surface area contributed by atoms with E-state index in [0.29, 0.717) is 16.5 Å². The van der Waals surface area contributed by atoms with Crippen LogP contribution in [0.5, 0.6) is 0 Å². The number of primary amides is 2. The van der Waals surface area contributed by atoms with Crippen molar-refractivity contribution in [2.24, 2.45) is 11.5 Å². The number of nitrogens with one attached hydrogen (secondary N) is 1. The first-order valence-electron chi connectivity index (χ1n) is 11.2. The molecule has 12 heteroatoms. The number of benzene rings is 2. The van der Waals surface area contributed by atoms with E-state index in [0.717, 1.165) is 12.8 Å². The average Bonchev–Trinajstić information content (AvgIpc) is 3.60. The van der Waals surface area contributed by atoms with E-state index in [2.05, 4.69) is 10.4 Å². The van der Waals surface area contributed by atoms with Crippen molar-refractivity contribution in [3.63, 3.8) is 0 Å². The summed E-state index contributed by atoms with van der Waals surface area (Å²) in [5.74, 6) is -2.75. The predicted octanol–water partition coefficient (Wildman–Crippen LogP) is 1.26. The third-order valence-corrected chi connectivity index (χ3v) is 6.13. The molecule has 1 aromatic heterocycles. The van der Waals surface area contributed by atoms with E-state index in [1.165, 1.54) is 21.7 Å². The molecule has 4 rings (SSSR count). The molecule has 0 saturated heterocycles. The number of hydrogen-bond donors (Lipinski definition) is 3. The van der Waals surface area contributed by atoms with Crippen molar-refractivity contribution in [3.8, 4) is 0 Å². The quantitative estimate of drug-likeness (QED) is 0.372. The Bertz CT molecular complexity index is 1370. The minimum absolute atomic E-state index is 0.0259. The molecule has 4 amide bonds. The lowest BCUT2D eigenvalue weighted by Crippen LogP contribution is -2.43. The third kappa shape index (κ3) is 5.62. The van der Waals surface area contributed by atoms with Crippen molar-refractivity contribution in [2.45, 2.75) is 38.4 Å². The molecule has 1 saturated carbocycles. The van der Waals surface area contributed by atoms with Crippen LogP contribution in [0.15, 0.2) is 36.4 Å². The first-order valence-corrected chi connectivity index (χ1v) is 11.6. The van der Waals surface area contributed by atoms with Crippen LogP contribution in [0.1, 0.15) is 34.5 Å². The topological polar surface area (TPSA) is 153 Å². The van der Waals surface area contributed by atoms with Gasteiger partial charge in [-0.2, -0.15) is 5.10 Å². The Labute approximate surface area is 210 Å². The van der Waals surface area contributed by atoms with Gasteiger partial charge in [-0.3, -0.25) is 23.9 Å². The van der Waals surface area contributed by atoms with Crippen LogP contribution in [0.3, 0.4) is 0 Å². The molecule has 0 atom stereocenters. The Morgan fingerprint density at radius 2 is 1.92 bits per heavy atom. The van der Waals surface area contributed by atoms with Crippen molar-refractivity contribution >= 4 is 46.1 Å². The molecular formula is C24H24ClFN6O4. The maximum Gasteiger partial charge on any atom is 0.269 e. The lowest BCUT2D eigenvalue weighted by Gasteiger charge is -2.22. The molecule has 1 aliphatic carbocycles. The Morgan fingerprint density at radius 1 is 1.17 bits per heavy atom. The zero-order valence-corrected chi connectivity index (χ0v) is 19.9. The molecule has 10 nitrogen and oxygen atoms in total. The normalized spacial score (nSPS) is 12.9. The van der Waals surface area contributed by atoms with E-state index >= 15 is 0 Å². The maximum atomic E-state index is 14.1. The van der Waals surface area contributed by atoms with Gasteiger partial charge in [0, 0.05) is 23.5 Å². The molecule has 2 aromatic carbocycles. The van der Waals surface area contributed by atoms with Crippen LogP contribution >= 0.6 is 11.6 Å². The van der Waals surface area contributed by atoms with Crippen LogP contribution in [0.4, 0.5) is 4.39 Å². The Balaban J connectivity index is 1.49. The summed E-state index contributed by atoms with van der Waals surface area (Å²) < 4.78 is 15.4. The smallest absolute Gasteiger partial charge is 0.269 e. The highest BCUT2D eigenvalue weighted by Gasteiger charge is 2.34. The average molecular weight is 515 g/mol. The molecule has 0 radical (unpaired) electrons. The highest BCUT2D eigenvalue weighted by Crippen LogP contribution is 2.28. The summed E-state index contributed by atoms with van der Waals surface area (Å²) in [6, 6.07) is 9.30. The first-order chi connectivity index (χ1) is 17.1. The molecule has 36 heavy (non-hydrogen) atoms. The van der Waals surface area contributed by atoms with Crippen molar-refractivity contribution in [1.29, 1.82) is 0 Å². The van der Waals surface area contributed by atoms with Crippen molar-refractivity contribution < 1.29 is 23.6 Å². The van der Waals surface area contributed by atoms with Crippen LogP contribution in [-0.4, -0.2) is 50.9 Å². The van der Waals surface area contributed by atoms with E-state index in [1.54, 1.807) is 24.3 Å². The van der Waals surface area contributed by atoms with E-state index in [4.69, 9.17) is 23.1 Å². The minimum Gasteiger partial charge on any atom is -0.369 e. The predicted molar refractivity (Wildman–Crippen MR) is 129 cm³/mol. The van der Waals surface area contributed by atoms with Gasteiger partial charge in [0.15, 0.2) is 5.69 Å². The number of nitrogens with two attached hydrogens (primary N) is 2. The van der Waals surface area contributed by atoms with E-state index in [1.807, 2.05) is 0 Å². The number of carbonyl (C=O) groups excluding carboxylic acids is 4. The van der Waals surface area contributed by atoms with Gasteiger partial charge in [0.05, 0.1) is 23.5 Å². The molecule has 1 fully saturated rings. The van der Waals surface area contributed by atoms with Crippen molar-refractivity contribution in [2.75, 3.05) is 6.54 Å². The number of carbonyl (C=O) groups is 4. The second kappa shape index (κ2) is 10.3. The molecule has 0 aliphatic heterocycles. The largest absolute Gasteiger partial charge is 0.369 e. The van der Waals surface area contributed by atoms with E-state index in [9.17, 15) is 23.6 Å². The Hall–Kier alpha value is -3.99. The summed E-state index contributed by atoms with van der Waals surface area (Å²) in [7, 11) is 0. The molecule has 3 aromatic rings. The number of amides is 4. The standard InChI is InChI=1S/C24H24ClFN6O4/c25-17-3-1-2-14(22(17)26)10-29-20(34)11-31(15-5-6-15)21(35)12-32-18-7-4-13(9-19(27)33)8-16(18)23(30-32)24(28)36/h1-4,7-8,15H,5-6,9-12H2,(H2,27,33)(H2,28,36)(H,29,34). The van der Waals surface area contributed by atoms with Gasteiger partial charge in [0.1, 0.15) is 12.4 Å². The highest BCUT2D eigenvalue weighted by molar-refractivity contribution is 6.30. The van der Waals surface area contributed by atoms with Crippen LogP contribution in [0.2, 0.25) is 5.02 Å². The molecule has 1 heterocycles. The van der Waals surface area contributed by atoms with Crippen LogP contribution in [0.25, 0.3) is 10.9 Å². The van der Waals surface area contributed by atoms with Gasteiger partial charge in [-0.15, -0.1) is 0 Å². The summed E-state index contributed by atoms with van der Waals surface area (Å²) in [4.78, 5) is 50.4. The molecular weight excluding hydrogens is 491 g/mol. The van der Waals surface area contributed by atoms with Gasteiger partial charge in [-0.25, -0.2) is 4.39 Å². The Morgan fingerprint density at radius 3 is 2.58 bits per heavy atom. The molecule has 188 valence electrons. The summed E-state index contributed by atoms with van der Waals surface area (Å²) in [5, 5.41) is 7.18. The minimum atomic E-state index is -0.783. The fourth-order valence-electron chi connectivity index (χ4n) is 3.96. The fourth-order valence-corrected chi connectivity index (χ4v) is 4.15. The zero-order chi connectivity index (χ0) is 26.0. The lowest BCUT2D eigenvalue weighted by molar-refractivity contribution is -0.137. The van der Waals surface area contributed by atoms with Crippen LogP contribution in [-0.2, 0) is 33.9 Å². The summed E-state index contributed by atoms with van der Waals surface area (Å²) in [5.41, 5.74) is 12.0. The second-order valence-electron chi connectivity index (χ2n) is 8.61. The molecule has 0 unspecified atom stereocenters. The van der Waals surface area contributed by atoms with Crippen molar-refractivity contribution in [1.82, 2.24) is 20.0 Å². The van der Waals surface area contributed by atoms with E-state index in [-0.39, 0.29) is 54.3 Å². The third-order valence-electron chi connectivity index (χ3n) is 5.84. The van der Waals surface area contributed by atoms with Gasteiger partial charge in [-0.05, 0) is 36.6 Å². The van der Waals surface area contributed by atoms with E-state index < -0.39 is 23.5 Å². The molecule has 0 bridgehead atoms. The van der Waals surface area contributed by atoms with Gasteiger partial charge in [-0.1, -0.05) is 29.8 Å². The monoisotopic (exact) mass is 514 g/mol. The maximum absolute atomic E-state index is 14.1. The number of nitrogens with zero attached hydrogens (tertiary/aromatic N) is 3. The molecule has 1 aliphatic rings. The molecule has 5 N–H and O–H groups in total. The molecule has 0 spiro atoms. The summed E-state index contributed by atoms with van der Waals surface area (Å²) >= 11 is 5.78. The number of rotatable bonds is 10. The number of aromatic nitrogens is 2. The zero-order valence-electron chi connectivity index (χ0n) is 19.2. The summed E-state index contributed by atoms with van der Waals surface area (Å²) in [6.45, 7) is -0.515. The number of hydrogen-bond acceptors (Lipinski definition) is 5.